The van der Waals surface area contributed by atoms with E-state index >= 15 is 0 Å². The minimum Gasteiger partial charge on any atom is -0.441 e. The summed E-state index contributed by atoms with van der Waals surface area (Å²) in [6, 6.07) is 16.1. The molecular formula is C24H28N4O3S. The number of nitrogens with zero attached hydrogens (tertiary/aromatic N) is 3. The smallest absolute Gasteiger partial charge is 0.407 e. The molecule has 0 bridgehead atoms. The number of hydrogen-bond acceptors (Lipinski definition) is 6. The average molecular weight is 453 g/mol. The van der Waals surface area contributed by atoms with E-state index in [1.165, 1.54) is 0 Å². The number of alkyl carbamates (subject to hydrolysis) is 1. The first kappa shape index (κ1) is 22.4. The Balaban J connectivity index is 1.62. The molecule has 1 aliphatic carbocycles. The van der Waals surface area contributed by atoms with Gasteiger partial charge in [0.25, 0.3) is 0 Å². The molecule has 1 atom stereocenters. The molecule has 4 rings (SSSR count). The summed E-state index contributed by atoms with van der Waals surface area (Å²) in [5, 5.41) is 11.7. The molecule has 2 aromatic carbocycles. The first-order valence-corrected chi connectivity index (χ1v) is 12.2. The molecule has 1 unspecified atom stereocenters. The number of benzene rings is 2. The van der Waals surface area contributed by atoms with Crippen molar-refractivity contribution in [2.45, 2.75) is 26.0 Å². The molecule has 0 fully saturated rings. The number of aryl methyl sites for hydroxylation is 1. The van der Waals surface area contributed by atoms with Crippen molar-refractivity contribution in [1.82, 2.24) is 20.3 Å². The predicted octanol–water partition coefficient (Wildman–Crippen LogP) is 4.34. The van der Waals surface area contributed by atoms with E-state index in [-0.39, 0.29) is 0 Å². The Bertz CT molecular complexity index is 1070. The molecule has 32 heavy (non-hydrogen) atoms. The monoisotopic (exact) mass is 452 g/mol. The van der Waals surface area contributed by atoms with Crippen molar-refractivity contribution in [2.75, 3.05) is 31.8 Å². The maximum Gasteiger partial charge on any atom is 0.407 e. The number of fused-ring (bicyclic) bond motifs is 5. The van der Waals surface area contributed by atoms with Crippen LogP contribution in [0.5, 0.6) is 0 Å². The van der Waals surface area contributed by atoms with Crippen molar-refractivity contribution in [3.63, 3.8) is 0 Å². The number of hydrogen-bond donors (Lipinski definition) is 1. The van der Waals surface area contributed by atoms with Crippen LogP contribution in [0.15, 0.2) is 48.5 Å². The van der Waals surface area contributed by atoms with Crippen LogP contribution in [0.3, 0.4) is 0 Å². The average Bonchev–Trinajstić information content (AvgIpc) is 3.24. The molecule has 0 saturated heterocycles. The van der Waals surface area contributed by atoms with Crippen LogP contribution in [0.4, 0.5) is 4.79 Å². The van der Waals surface area contributed by atoms with Crippen molar-refractivity contribution in [3.8, 4) is 22.5 Å². The molecule has 0 spiro atoms. The summed E-state index contributed by atoms with van der Waals surface area (Å²) in [6.07, 6.45) is 1.72. The van der Waals surface area contributed by atoms with Crippen molar-refractivity contribution in [3.05, 3.63) is 59.7 Å². The molecule has 1 amide bonds. The Morgan fingerprint density at radius 2 is 1.94 bits per heavy atom. The van der Waals surface area contributed by atoms with Gasteiger partial charge in [0.05, 0.1) is 18.9 Å². The van der Waals surface area contributed by atoms with Gasteiger partial charge in [-0.15, -0.1) is 5.10 Å². The second kappa shape index (κ2) is 10.7. The normalized spacial score (nSPS) is 14.5. The lowest BCUT2D eigenvalue weighted by Gasteiger charge is -2.25. The highest BCUT2D eigenvalue weighted by Gasteiger charge is 2.29. The summed E-state index contributed by atoms with van der Waals surface area (Å²) in [6.45, 7) is 4.29. The zero-order chi connectivity index (χ0) is 22.3. The van der Waals surface area contributed by atoms with Gasteiger partial charge in [-0.1, -0.05) is 53.7 Å². The number of thioether (sulfide) groups is 1. The van der Waals surface area contributed by atoms with Crippen LogP contribution in [0.2, 0.25) is 0 Å². The largest absolute Gasteiger partial charge is 0.441 e. The molecule has 0 aliphatic heterocycles. The van der Waals surface area contributed by atoms with E-state index < -0.39 is 12.2 Å². The van der Waals surface area contributed by atoms with E-state index in [4.69, 9.17) is 9.47 Å². The highest BCUT2D eigenvalue weighted by atomic mass is 32.2. The van der Waals surface area contributed by atoms with Crippen molar-refractivity contribution < 1.29 is 14.3 Å². The van der Waals surface area contributed by atoms with Gasteiger partial charge in [-0.2, -0.15) is 11.8 Å². The van der Waals surface area contributed by atoms with E-state index in [2.05, 4.69) is 27.8 Å². The Labute approximate surface area is 192 Å². The molecule has 7 nitrogen and oxygen atoms in total. The van der Waals surface area contributed by atoms with E-state index in [0.717, 1.165) is 39.4 Å². The van der Waals surface area contributed by atoms with Crippen LogP contribution in [0, 0.1) is 0 Å². The molecule has 168 valence electrons. The summed E-state index contributed by atoms with van der Waals surface area (Å²) in [7, 11) is 0. The fourth-order valence-electron chi connectivity index (χ4n) is 3.96. The number of carbonyl (C=O) groups is 1. The van der Waals surface area contributed by atoms with Crippen LogP contribution in [0.25, 0.3) is 22.5 Å². The Morgan fingerprint density at radius 1 is 1.16 bits per heavy atom. The molecule has 1 N–H and O–H groups in total. The molecule has 1 aromatic heterocycles. The third-order valence-corrected chi connectivity index (χ3v) is 6.05. The molecule has 8 heteroatoms. The van der Waals surface area contributed by atoms with Crippen molar-refractivity contribution in [1.29, 1.82) is 0 Å². The van der Waals surface area contributed by atoms with E-state index in [1.807, 2.05) is 54.3 Å². The quantitative estimate of drug-likeness (QED) is 0.513. The second-order valence-electron chi connectivity index (χ2n) is 7.48. The topological polar surface area (TPSA) is 78.3 Å². The lowest BCUT2D eigenvalue weighted by atomic mass is 9.87. The minimum absolute atomic E-state index is 0.412. The number of nitrogens with one attached hydrogen (secondary N) is 1. The van der Waals surface area contributed by atoms with Gasteiger partial charge in [0.1, 0.15) is 11.8 Å². The van der Waals surface area contributed by atoms with Crippen LogP contribution >= 0.6 is 11.8 Å². The van der Waals surface area contributed by atoms with Gasteiger partial charge in [-0.3, -0.25) is 0 Å². The number of rotatable bonds is 8. The predicted molar refractivity (Wildman–Crippen MR) is 127 cm³/mol. The van der Waals surface area contributed by atoms with Crippen LogP contribution in [0.1, 0.15) is 24.2 Å². The number of aromatic nitrogens is 3. The lowest BCUT2D eigenvalue weighted by Crippen LogP contribution is -2.30. The molecule has 1 aliphatic rings. The van der Waals surface area contributed by atoms with Crippen molar-refractivity contribution >= 4 is 17.9 Å². The number of carbonyl (C=O) groups excluding carboxylic acids is 1. The highest BCUT2D eigenvalue weighted by molar-refractivity contribution is 7.98. The molecule has 1 heterocycles. The summed E-state index contributed by atoms with van der Waals surface area (Å²) in [5.41, 5.74) is 5.85. The van der Waals surface area contributed by atoms with Crippen LogP contribution in [-0.4, -0.2) is 52.9 Å². The van der Waals surface area contributed by atoms with Crippen LogP contribution < -0.4 is 5.32 Å². The molecule has 3 aromatic rings. The Kier molecular flexibility index (Phi) is 7.44. The Hall–Kier alpha value is -2.84. The summed E-state index contributed by atoms with van der Waals surface area (Å²) in [5.74, 6) is 0.938. The van der Waals surface area contributed by atoms with Gasteiger partial charge < -0.3 is 14.8 Å². The van der Waals surface area contributed by atoms with Gasteiger partial charge in [0.15, 0.2) is 0 Å². The van der Waals surface area contributed by atoms with Gasteiger partial charge in [-0.25, -0.2) is 9.48 Å². The van der Waals surface area contributed by atoms with E-state index in [0.29, 0.717) is 32.7 Å². The van der Waals surface area contributed by atoms with Crippen LogP contribution in [-0.2, 0) is 22.4 Å². The van der Waals surface area contributed by atoms with Gasteiger partial charge in [0.2, 0.25) is 0 Å². The molecule has 0 radical (unpaired) electrons. The third kappa shape index (κ3) is 4.81. The highest BCUT2D eigenvalue weighted by Crippen LogP contribution is 2.41. The Morgan fingerprint density at radius 3 is 2.75 bits per heavy atom. The van der Waals surface area contributed by atoms with Crippen molar-refractivity contribution in [2.24, 2.45) is 0 Å². The first-order chi connectivity index (χ1) is 15.7. The maximum absolute atomic E-state index is 12.6. The zero-order valence-corrected chi connectivity index (χ0v) is 19.2. The first-order valence-electron chi connectivity index (χ1n) is 10.8. The standard InChI is InChI=1S/C24H28N4O3S/c1-3-28-23-20-11-7-6-10-19(20)21(31-24(29)25-12-13-30-14-15-32-2)16-17-8-4-5-9-18(17)22(23)26-27-28/h4-11,21H,3,12-16H2,1-2H3,(H,25,29). The number of ether oxygens (including phenoxy) is 2. The third-order valence-electron chi connectivity index (χ3n) is 5.47. The molecular weight excluding hydrogens is 424 g/mol. The molecule has 0 saturated carbocycles. The fourth-order valence-corrected chi connectivity index (χ4v) is 4.24. The van der Waals surface area contributed by atoms with Gasteiger partial charge in [-0.05, 0) is 18.7 Å². The summed E-state index contributed by atoms with van der Waals surface area (Å²) < 4.78 is 13.3. The SMILES string of the molecule is CCn1nnc2c1-c1ccccc1C(OC(=O)NCCOCCSC)Cc1ccccc1-2. The number of amides is 1. The zero-order valence-electron chi connectivity index (χ0n) is 18.4. The minimum atomic E-state index is -0.446. The maximum atomic E-state index is 12.6. The summed E-state index contributed by atoms with van der Waals surface area (Å²) >= 11 is 1.73. The fraction of sp³-hybridized carbons (Fsp3) is 0.375. The second-order valence-corrected chi connectivity index (χ2v) is 8.46. The lowest BCUT2D eigenvalue weighted by molar-refractivity contribution is 0.0922. The van der Waals surface area contributed by atoms with E-state index in [9.17, 15) is 4.79 Å². The van der Waals surface area contributed by atoms with E-state index in [1.54, 1.807) is 11.8 Å². The van der Waals surface area contributed by atoms with Gasteiger partial charge >= 0.3 is 6.09 Å². The van der Waals surface area contributed by atoms with Gasteiger partial charge in [0, 0.05) is 42.0 Å². The summed E-state index contributed by atoms with van der Waals surface area (Å²) in [4.78, 5) is 12.6.